The fourth-order valence-corrected chi connectivity index (χ4v) is 4.09. The van der Waals surface area contributed by atoms with Crippen molar-refractivity contribution in [1.29, 1.82) is 0 Å². The summed E-state index contributed by atoms with van der Waals surface area (Å²) in [7, 11) is 1.68. The molecule has 1 unspecified atom stereocenters. The van der Waals surface area contributed by atoms with E-state index in [9.17, 15) is 0 Å². The summed E-state index contributed by atoms with van der Waals surface area (Å²) in [4.78, 5) is 1.59. The summed E-state index contributed by atoms with van der Waals surface area (Å²) in [5, 5.41) is 2.12. The highest BCUT2D eigenvalue weighted by Gasteiger charge is 2.15. The minimum atomic E-state index is 0.240. The Labute approximate surface area is 122 Å². The average Bonchev–Trinajstić information content (AvgIpc) is 2.74. The molecule has 4 heteroatoms. The highest BCUT2D eigenvalue weighted by molar-refractivity contribution is 9.10. The molecule has 0 bridgehead atoms. The Balaban J connectivity index is 2.35. The van der Waals surface area contributed by atoms with Crippen molar-refractivity contribution in [2.75, 3.05) is 7.11 Å². The summed E-state index contributed by atoms with van der Waals surface area (Å²) in [5.74, 6) is 0.858. The van der Waals surface area contributed by atoms with Crippen LogP contribution in [-0.4, -0.2) is 7.11 Å². The molecule has 1 aromatic heterocycles. The SMILES string of the molecule is COc1ccc(C(Br)c2sccc2C)cc1Br. The van der Waals surface area contributed by atoms with Gasteiger partial charge in [-0.3, -0.25) is 0 Å². The van der Waals surface area contributed by atoms with Gasteiger partial charge in [-0.25, -0.2) is 0 Å². The van der Waals surface area contributed by atoms with Crippen molar-refractivity contribution in [2.45, 2.75) is 11.8 Å². The van der Waals surface area contributed by atoms with Crippen LogP contribution in [0.5, 0.6) is 5.75 Å². The molecule has 2 rings (SSSR count). The van der Waals surface area contributed by atoms with E-state index in [0.717, 1.165) is 10.2 Å². The highest BCUT2D eigenvalue weighted by Crippen LogP contribution is 2.38. The standard InChI is InChI=1S/C13H12Br2OS/c1-8-5-6-17-13(8)12(15)9-3-4-11(16-2)10(14)7-9/h3-7,12H,1-2H3. The van der Waals surface area contributed by atoms with Crippen LogP contribution in [0, 0.1) is 6.92 Å². The fourth-order valence-electron chi connectivity index (χ4n) is 1.64. The number of aryl methyl sites for hydroxylation is 1. The van der Waals surface area contributed by atoms with Gasteiger partial charge in [0.25, 0.3) is 0 Å². The molecule has 17 heavy (non-hydrogen) atoms. The number of hydrogen-bond acceptors (Lipinski definition) is 2. The molecule has 0 aliphatic rings. The number of hydrogen-bond donors (Lipinski definition) is 0. The van der Waals surface area contributed by atoms with E-state index >= 15 is 0 Å². The van der Waals surface area contributed by atoms with Crippen LogP contribution in [-0.2, 0) is 0 Å². The first kappa shape index (κ1) is 13.1. The first-order valence-corrected chi connectivity index (χ1v) is 7.74. The number of ether oxygens (including phenoxy) is 1. The van der Waals surface area contributed by atoms with Crippen LogP contribution in [0.25, 0.3) is 0 Å². The van der Waals surface area contributed by atoms with E-state index in [4.69, 9.17) is 4.74 Å². The van der Waals surface area contributed by atoms with Crippen LogP contribution in [0.3, 0.4) is 0 Å². The van der Waals surface area contributed by atoms with Gasteiger partial charge in [0.15, 0.2) is 0 Å². The van der Waals surface area contributed by atoms with Crippen LogP contribution in [0.1, 0.15) is 20.8 Å². The molecule has 0 aliphatic carbocycles. The van der Waals surface area contributed by atoms with Gasteiger partial charge in [-0.1, -0.05) is 22.0 Å². The molecular weight excluding hydrogens is 364 g/mol. The van der Waals surface area contributed by atoms with Crippen molar-refractivity contribution < 1.29 is 4.74 Å². The summed E-state index contributed by atoms with van der Waals surface area (Å²) >= 11 is 9.04. The van der Waals surface area contributed by atoms with E-state index in [1.54, 1.807) is 18.4 Å². The second-order valence-electron chi connectivity index (χ2n) is 3.72. The first-order valence-electron chi connectivity index (χ1n) is 5.15. The Bertz CT molecular complexity index is 522. The van der Waals surface area contributed by atoms with Gasteiger partial charge in [0, 0.05) is 4.88 Å². The zero-order chi connectivity index (χ0) is 12.4. The van der Waals surface area contributed by atoms with Crippen molar-refractivity contribution in [3.05, 3.63) is 50.1 Å². The molecule has 1 atom stereocenters. The Morgan fingerprint density at radius 3 is 2.59 bits per heavy atom. The third kappa shape index (κ3) is 2.75. The molecule has 1 aromatic carbocycles. The Morgan fingerprint density at radius 1 is 1.29 bits per heavy atom. The molecule has 1 nitrogen and oxygen atoms in total. The van der Waals surface area contributed by atoms with E-state index in [0.29, 0.717) is 0 Å². The van der Waals surface area contributed by atoms with Gasteiger partial charge in [-0.15, -0.1) is 11.3 Å². The second-order valence-corrected chi connectivity index (χ2v) is 6.44. The van der Waals surface area contributed by atoms with Gasteiger partial charge in [0.1, 0.15) is 5.75 Å². The number of halogens is 2. The molecule has 0 aliphatic heterocycles. The lowest BCUT2D eigenvalue weighted by atomic mass is 10.1. The van der Waals surface area contributed by atoms with Crippen molar-refractivity contribution in [3.63, 3.8) is 0 Å². The molecular formula is C13H12Br2OS. The minimum Gasteiger partial charge on any atom is -0.496 e. The Hall–Kier alpha value is -0.320. The van der Waals surface area contributed by atoms with Gasteiger partial charge < -0.3 is 4.74 Å². The summed E-state index contributed by atoms with van der Waals surface area (Å²) in [6, 6.07) is 8.31. The third-order valence-corrected chi connectivity index (χ3v) is 5.59. The zero-order valence-corrected chi connectivity index (χ0v) is 13.5. The van der Waals surface area contributed by atoms with Gasteiger partial charge in [0.2, 0.25) is 0 Å². The quantitative estimate of drug-likeness (QED) is 0.660. The maximum absolute atomic E-state index is 5.23. The molecule has 2 aromatic rings. The van der Waals surface area contributed by atoms with Gasteiger partial charge in [-0.2, -0.15) is 0 Å². The van der Waals surface area contributed by atoms with E-state index in [1.165, 1.54) is 16.0 Å². The normalized spacial score (nSPS) is 12.5. The summed E-state index contributed by atoms with van der Waals surface area (Å²) in [6.07, 6.45) is 0. The van der Waals surface area contributed by atoms with Crippen molar-refractivity contribution in [3.8, 4) is 5.75 Å². The molecule has 90 valence electrons. The number of thiophene rings is 1. The van der Waals surface area contributed by atoms with Crippen LogP contribution < -0.4 is 4.74 Å². The number of alkyl halides is 1. The minimum absolute atomic E-state index is 0.240. The molecule has 0 saturated heterocycles. The van der Waals surface area contributed by atoms with Crippen LogP contribution in [0.2, 0.25) is 0 Å². The summed E-state index contributed by atoms with van der Waals surface area (Å²) < 4.78 is 6.22. The topological polar surface area (TPSA) is 9.23 Å². The van der Waals surface area contributed by atoms with Crippen molar-refractivity contribution in [2.24, 2.45) is 0 Å². The molecule has 1 heterocycles. The van der Waals surface area contributed by atoms with E-state index in [-0.39, 0.29) is 4.83 Å². The summed E-state index contributed by atoms with van der Waals surface area (Å²) in [6.45, 7) is 2.14. The van der Waals surface area contributed by atoms with Gasteiger partial charge >= 0.3 is 0 Å². The molecule has 0 spiro atoms. The predicted octanol–water partition coefficient (Wildman–Crippen LogP) is 5.31. The van der Waals surface area contributed by atoms with E-state index < -0.39 is 0 Å². The molecule has 0 radical (unpaired) electrons. The second kappa shape index (κ2) is 5.55. The lowest BCUT2D eigenvalue weighted by Gasteiger charge is -2.12. The number of methoxy groups -OCH3 is 1. The van der Waals surface area contributed by atoms with Crippen molar-refractivity contribution in [1.82, 2.24) is 0 Å². The predicted molar refractivity (Wildman–Crippen MR) is 80.5 cm³/mol. The largest absolute Gasteiger partial charge is 0.496 e. The lowest BCUT2D eigenvalue weighted by Crippen LogP contribution is -1.93. The lowest BCUT2D eigenvalue weighted by molar-refractivity contribution is 0.412. The molecule has 0 saturated carbocycles. The molecule has 0 N–H and O–H groups in total. The Morgan fingerprint density at radius 2 is 2.06 bits per heavy atom. The fraction of sp³-hybridized carbons (Fsp3) is 0.231. The van der Waals surface area contributed by atoms with Crippen molar-refractivity contribution >= 4 is 43.2 Å². The number of benzene rings is 1. The van der Waals surface area contributed by atoms with Crippen LogP contribution in [0.4, 0.5) is 0 Å². The highest BCUT2D eigenvalue weighted by atomic mass is 79.9. The maximum Gasteiger partial charge on any atom is 0.133 e. The van der Waals surface area contributed by atoms with E-state index in [1.807, 2.05) is 6.07 Å². The average molecular weight is 376 g/mol. The Kier molecular flexibility index (Phi) is 4.28. The zero-order valence-electron chi connectivity index (χ0n) is 9.54. The monoisotopic (exact) mass is 374 g/mol. The van der Waals surface area contributed by atoms with Crippen LogP contribution >= 0.6 is 43.2 Å². The first-order chi connectivity index (χ1) is 8.13. The van der Waals surface area contributed by atoms with Gasteiger partial charge in [-0.05, 0) is 57.6 Å². The van der Waals surface area contributed by atoms with Crippen LogP contribution in [0.15, 0.2) is 34.1 Å². The smallest absolute Gasteiger partial charge is 0.133 e. The van der Waals surface area contributed by atoms with E-state index in [2.05, 4.69) is 62.4 Å². The molecule has 0 fully saturated rings. The van der Waals surface area contributed by atoms with Gasteiger partial charge in [0.05, 0.1) is 16.4 Å². The number of rotatable bonds is 3. The molecule has 0 amide bonds. The maximum atomic E-state index is 5.23. The summed E-state index contributed by atoms with van der Waals surface area (Å²) in [5.41, 5.74) is 2.55. The third-order valence-electron chi connectivity index (χ3n) is 2.60.